The van der Waals surface area contributed by atoms with Crippen LogP contribution in [0.4, 0.5) is 10.5 Å². The molecule has 25 heavy (non-hydrogen) atoms. The van der Waals surface area contributed by atoms with Crippen LogP contribution >= 0.6 is 0 Å². The number of phenols is 1. The Labute approximate surface area is 152 Å². The van der Waals surface area contributed by atoms with Gasteiger partial charge < -0.3 is 20.5 Å². The molecule has 5 nitrogen and oxygen atoms in total. The SMILES string of the molecule is CCCCCCCCCCCCNC(=O)Nc1ccc(OC)c(O)c1. The zero-order chi connectivity index (χ0) is 18.3. The zero-order valence-electron chi connectivity index (χ0n) is 15.8. The average molecular weight is 351 g/mol. The van der Waals surface area contributed by atoms with Crippen molar-refractivity contribution in [2.75, 3.05) is 19.0 Å². The fraction of sp³-hybridized carbons (Fsp3) is 0.650. The highest BCUT2D eigenvalue weighted by molar-refractivity contribution is 5.89. The highest BCUT2D eigenvalue weighted by Gasteiger charge is 2.05. The van der Waals surface area contributed by atoms with Crippen LogP contribution in [-0.2, 0) is 0 Å². The van der Waals surface area contributed by atoms with E-state index in [1.165, 1.54) is 64.5 Å². The molecule has 2 amide bonds. The van der Waals surface area contributed by atoms with Crippen molar-refractivity contribution in [2.24, 2.45) is 0 Å². The maximum absolute atomic E-state index is 11.8. The molecule has 3 N–H and O–H groups in total. The summed E-state index contributed by atoms with van der Waals surface area (Å²) in [5.74, 6) is 0.395. The van der Waals surface area contributed by atoms with Gasteiger partial charge in [0.15, 0.2) is 11.5 Å². The second-order valence-corrected chi connectivity index (χ2v) is 6.45. The number of phenolic OH excluding ortho intramolecular Hbond substituents is 1. The van der Waals surface area contributed by atoms with Gasteiger partial charge in [0.05, 0.1) is 7.11 Å². The molecule has 0 aliphatic rings. The smallest absolute Gasteiger partial charge is 0.319 e. The molecule has 0 aliphatic heterocycles. The Morgan fingerprint density at radius 2 is 1.60 bits per heavy atom. The third-order valence-electron chi connectivity index (χ3n) is 4.25. The molecular weight excluding hydrogens is 316 g/mol. The van der Waals surface area contributed by atoms with Crippen LogP contribution in [0.1, 0.15) is 71.1 Å². The third-order valence-corrected chi connectivity index (χ3v) is 4.25. The zero-order valence-corrected chi connectivity index (χ0v) is 15.8. The van der Waals surface area contributed by atoms with Gasteiger partial charge in [-0.15, -0.1) is 0 Å². The average Bonchev–Trinajstić information content (AvgIpc) is 2.60. The monoisotopic (exact) mass is 350 g/mol. The topological polar surface area (TPSA) is 70.6 Å². The summed E-state index contributed by atoms with van der Waals surface area (Å²) in [6.45, 7) is 2.92. The summed E-state index contributed by atoms with van der Waals surface area (Å²) < 4.78 is 4.97. The quantitative estimate of drug-likeness (QED) is 0.415. The lowest BCUT2D eigenvalue weighted by Gasteiger charge is -2.09. The lowest BCUT2D eigenvalue weighted by Crippen LogP contribution is -2.29. The van der Waals surface area contributed by atoms with E-state index in [-0.39, 0.29) is 11.8 Å². The van der Waals surface area contributed by atoms with Crippen molar-refractivity contribution in [1.29, 1.82) is 0 Å². The van der Waals surface area contributed by atoms with Crippen molar-refractivity contribution >= 4 is 11.7 Å². The van der Waals surface area contributed by atoms with Crippen molar-refractivity contribution in [2.45, 2.75) is 71.1 Å². The molecule has 0 aliphatic carbocycles. The van der Waals surface area contributed by atoms with Gasteiger partial charge in [0.2, 0.25) is 0 Å². The van der Waals surface area contributed by atoms with E-state index in [9.17, 15) is 9.90 Å². The number of hydrogen-bond donors (Lipinski definition) is 3. The number of methoxy groups -OCH3 is 1. The van der Waals surface area contributed by atoms with Crippen LogP contribution in [0.2, 0.25) is 0 Å². The van der Waals surface area contributed by atoms with Gasteiger partial charge >= 0.3 is 6.03 Å². The van der Waals surface area contributed by atoms with Gasteiger partial charge in [-0.1, -0.05) is 64.7 Å². The highest BCUT2D eigenvalue weighted by atomic mass is 16.5. The minimum Gasteiger partial charge on any atom is -0.504 e. The Morgan fingerprint density at radius 1 is 1.00 bits per heavy atom. The maximum atomic E-state index is 11.8. The van der Waals surface area contributed by atoms with E-state index in [0.717, 1.165) is 12.8 Å². The first-order valence-corrected chi connectivity index (χ1v) is 9.59. The molecule has 0 radical (unpaired) electrons. The van der Waals surface area contributed by atoms with Crippen LogP contribution < -0.4 is 15.4 Å². The first kappa shape index (κ1) is 21.1. The number of ether oxygens (including phenoxy) is 1. The highest BCUT2D eigenvalue weighted by Crippen LogP contribution is 2.28. The van der Waals surface area contributed by atoms with Gasteiger partial charge in [-0.25, -0.2) is 4.79 Å². The van der Waals surface area contributed by atoms with Gasteiger partial charge in [0.1, 0.15) is 0 Å². The number of urea groups is 1. The van der Waals surface area contributed by atoms with Crippen LogP contribution in [0.5, 0.6) is 11.5 Å². The number of aromatic hydroxyl groups is 1. The fourth-order valence-corrected chi connectivity index (χ4v) is 2.76. The number of unbranched alkanes of at least 4 members (excludes halogenated alkanes) is 9. The van der Waals surface area contributed by atoms with Crippen LogP contribution in [0.15, 0.2) is 18.2 Å². The number of carbonyl (C=O) groups excluding carboxylic acids is 1. The predicted molar refractivity (Wildman–Crippen MR) is 104 cm³/mol. The van der Waals surface area contributed by atoms with Gasteiger partial charge in [-0.2, -0.15) is 0 Å². The number of anilines is 1. The van der Waals surface area contributed by atoms with E-state index in [1.54, 1.807) is 12.1 Å². The van der Waals surface area contributed by atoms with Crippen LogP contribution in [0.3, 0.4) is 0 Å². The summed E-state index contributed by atoms with van der Waals surface area (Å²) in [4.78, 5) is 11.8. The molecule has 0 unspecified atom stereocenters. The van der Waals surface area contributed by atoms with Crippen molar-refractivity contribution in [3.05, 3.63) is 18.2 Å². The second kappa shape index (κ2) is 13.4. The van der Waals surface area contributed by atoms with Crippen LogP contribution in [0, 0.1) is 0 Å². The molecule has 142 valence electrons. The molecule has 1 aromatic carbocycles. The largest absolute Gasteiger partial charge is 0.504 e. The Morgan fingerprint density at radius 3 is 2.16 bits per heavy atom. The molecular formula is C20H34N2O3. The normalized spacial score (nSPS) is 10.5. The number of amides is 2. The van der Waals surface area contributed by atoms with Gasteiger partial charge in [0.25, 0.3) is 0 Å². The Hall–Kier alpha value is -1.91. The number of hydrogen-bond acceptors (Lipinski definition) is 3. The molecule has 0 saturated heterocycles. The van der Waals surface area contributed by atoms with Crippen molar-refractivity contribution in [3.63, 3.8) is 0 Å². The molecule has 5 heteroatoms. The summed E-state index contributed by atoms with van der Waals surface area (Å²) in [7, 11) is 1.49. The second-order valence-electron chi connectivity index (χ2n) is 6.45. The maximum Gasteiger partial charge on any atom is 0.319 e. The lowest BCUT2D eigenvalue weighted by molar-refractivity contribution is 0.252. The van der Waals surface area contributed by atoms with E-state index in [4.69, 9.17) is 4.74 Å². The van der Waals surface area contributed by atoms with Crippen molar-refractivity contribution in [3.8, 4) is 11.5 Å². The molecule has 0 fully saturated rings. The van der Waals surface area contributed by atoms with Gasteiger partial charge in [-0.3, -0.25) is 0 Å². The molecule has 0 bridgehead atoms. The van der Waals surface area contributed by atoms with Crippen LogP contribution in [-0.4, -0.2) is 24.8 Å². The standard InChI is InChI=1S/C20H34N2O3/c1-3-4-5-6-7-8-9-10-11-12-15-21-20(24)22-17-13-14-19(25-2)18(23)16-17/h13-14,16,23H,3-12,15H2,1-2H3,(H2,21,22,24). The minimum atomic E-state index is -0.250. The summed E-state index contributed by atoms with van der Waals surface area (Å²) in [5.41, 5.74) is 0.541. The summed E-state index contributed by atoms with van der Waals surface area (Å²) in [6, 6.07) is 4.53. The predicted octanol–water partition coefficient (Wildman–Crippen LogP) is 5.44. The molecule has 1 aromatic rings. The summed E-state index contributed by atoms with van der Waals surface area (Å²) in [6.07, 6.45) is 12.8. The van der Waals surface area contributed by atoms with E-state index >= 15 is 0 Å². The summed E-state index contributed by atoms with van der Waals surface area (Å²) >= 11 is 0. The Balaban J connectivity index is 2.01. The number of rotatable bonds is 13. The molecule has 1 rings (SSSR count). The first-order valence-electron chi connectivity index (χ1n) is 9.59. The molecule has 0 spiro atoms. The fourth-order valence-electron chi connectivity index (χ4n) is 2.76. The van der Waals surface area contributed by atoms with Crippen molar-refractivity contribution in [1.82, 2.24) is 5.32 Å². The van der Waals surface area contributed by atoms with E-state index in [2.05, 4.69) is 17.6 Å². The molecule has 0 aromatic heterocycles. The van der Waals surface area contributed by atoms with Crippen LogP contribution in [0.25, 0.3) is 0 Å². The first-order chi connectivity index (χ1) is 12.2. The van der Waals surface area contributed by atoms with E-state index in [0.29, 0.717) is 18.0 Å². The third kappa shape index (κ3) is 9.85. The Kier molecular flexibility index (Phi) is 11.3. The molecule has 0 atom stereocenters. The molecule has 0 saturated carbocycles. The van der Waals surface area contributed by atoms with Gasteiger partial charge in [-0.05, 0) is 18.6 Å². The van der Waals surface area contributed by atoms with E-state index < -0.39 is 0 Å². The number of benzene rings is 1. The van der Waals surface area contributed by atoms with E-state index in [1.807, 2.05) is 0 Å². The van der Waals surface area contributed by atoms with Gasteiger partial charge in [0, 0.05) is 18.3 Å². The molecule has 0 heterocycles. The van der Waals surface area contributed by atoms with Crippen molar-refractivity contribution < 1.29 is 14.6 Å². The minimum absolute atomic E-state index is 0.00925. The Bertz CT molecular complexity index is 492. The summed E-state index contributed by atoms with van der Waals surface area (Å²) in [5, 5.41) is 15.2. The number of carbonyl (C=O) groups is 1. The number of nitrogens with one attached hydrogen (secondary N) is 2. The lowest BCUT2D eigenvalue weighted by atomic mass is 10.1.